The maximum atomic E-state index is 12.5. The molecule has 2 heterocycles. The molecule has 1 aliphatic rings. The van der Waals surface area contributed by atoms with Gasteiger partial charge in [0.25, 0.3) is 15.9 Å². The molecule has 0 fully saturated rings. The van der Waals surface area contributed by atoms with Gasteiger partial charge in [-0.25, -0.2) is 22.4 Å². The topological polar surface area (TPSA) is 111 Å². The number of fused-ring (bicyclic) bond motifs is 1. The van der Waals surface area contributed by atoms with E-state index in [-0.39, 0.29) is 17.0 Å². The van der Waals surface area contributed by atoms with Gasteiger partial charge in [-0.15, -0.1) is 0 Å². The first kappa shape index (κ1) is 13.6. The Morgan fingerprint density at radius 1 is 1.33 bits per heavy atom. The summed E-state index contributed by atoms with van der Waals surface area (Å²) in [6, 6.07) is 4.23. The van der Waals surface area contributed by atoms with Crippen LogP contribution in [0.4, 0.5) is 5.69 Å². The highest BCUT2D eigenvalue weighted by molar-refractivity contribution is 7.90. The van der Waals surface area contributed by atoms with E-state index in [0.29, 0.717) is 18.1 Å². The second kappa shape index (κ2) is 4.55. The Bertz CT molecular complexity index is 827. The zero-order chi connectivity index (χ0) is 15.2. The van der Waals surface area contributed by atoms with E-state index in [1.807, 2.05) is 6.92 Å². The molecule has 2 N–H and O–H groups in total. The van der Waals surface area contributed by atoms with Crippen LogP contribution in [0, 0.1) is 0 Å². The van der Waals surface area contributed by atoms with Gasteiger partial charge in [-0.3, -0.25) is 4.79 Å². The molecule has 8 nitrogen and oxygen atoms in total. The van der Waals surface area contributed by atoms with Gasteiger partial charge in [-0.2, -0.15) is 5.10 Å². The summed E-state index contributed by atoms with van der Waals surface area (Å²) in [6.45, 7) is 2.24. The fourth-order valence-electron chi connectivity index (χ4n) is 2.25. The van der Waals surface area contributed by atoms with Gasteiger partial charge >= 0.3 is 0 Å². The number of sulfonamides is 1. The molecule has 21 heavy (non-hydrogen) atoms. The van der Waals surface area contributed by atoms with Gasteiger partial charge in [0.2, 0.25) is 0 Å². The molecule has 0 saturated carbocycles. The van der Waals surface area contributed by atoms with Crippen molar-refractivity contribution in [2.75, 3.05) is 5.73 Å². The highest BCUT2D eigenvalue weighted by atomic mass is 32.2. The molecule has 0 atom stereocenters. The molecule has 1 aliphatic heterocycles. The first-order chi connectivity index (χ1) is 9.95. The Kier molecular flexibility index (Phi) is 2.94. The van der Waals surface area contributed by atoms with Crippen molar-refractivity contribution >= 4 is 21.6 Å². The molecular weight excluding hydrogens is 294 g/mol. The number of nitrogens with two attached hydrogens (primary N) is 1. The molecule has 110 valence electrons. The molecule has 0 radical (unpaired) electrons. The Hall–Kier alpha value is -2.42. The summed E-state index contributed by atoms with van der Waals surface area (Å²) in [5.41, 5.74) is 6.03. The molecule has 1 aromatic carbocycles. The van der Waals surface area contributed by atoms with Gasteiger partial charge in [0.15, 0.2) is 0 Å². The molecule has 3 rings (SSSR count). The second-order valence-electron chi connectivity index (χ2n) is 4.56. The number of hydrogen-bond donors (Lipinski definition) is 1. The van der Waals surface area contributed by atoms with Crippen LogP contribution in [0.3, 0.4) is 0 Å². The highest BCUT2D eigenvalue weighted by Crippen LogP contribution is 2.32. The number of rotatable bonds is 3. The number of anilines is 1. The highest BCUT2D eigenvalue weighted by Gasteiger charge is 2.41. The number of aryl methyl sites for hydroxylation is 1. The van der Waals surface area contributed by atoms with Crippen LogP contribution in [0.2, 0.25) is 0 Å². The molecule has 2 aromatic rings. The van der Waals surface area contributed by atoms with Crippen molar-refractivity contribution < 1.29 is 13.2 Å². The van der Waals surface area contributed by atoms with E-state index in [0.717, 1.165) is 4.31 Å². The zero-order valence-electron chi connectivity index (χ0n) is 11.2. The van der Waals surface area contributed by atoms with Crippen molar-refractivity contribution in [2.24, 2.45) is 0 Å². The maximum absolute atomic E-state index is 12.5. The fraction of sp³-hybridized carbons (Fsp3) is 0.250. The minimum absolute atomic E-state index is 0.0601. The third-order valence-electron chi connectivity index (χ3n) is 3.31. The normalized spacial score (nSPS) is 16.2. The number of carbonyl (C=O) groups is 1. The summed E-state index contributed by atoms with van der Waals surface area (Å²) in [6.07, 6.45) is 1.33. The van der Waals surface area contributed by atoms with Crippen molar-refractivity contribution in [1.82, 2.24) is 19.1 Å². The van der Waals surface area contributed by atoms with Crippen molar-refractivity contribution in [2.45, 2.75) is 24.9 Å². The van der Waals surface area contributed by atoms with Crippen LogP contribution in [0.1, 0.15) is 23.1 Å². The molecule has 0 aliphatic carbocycles. The molecule has 0 bridgehead atoms. The molecule has 1 amide bonds. The van der Waals surface area contributed by atoms with E-state index in [9.17, 15) is 13.2 Å². The monoisotopic (exact) mass is 307 g/mol. The van der Waals surface area contributed by atoms with E-state index in [1.54, 1.807) is 4.68 Å². The number of aromatic nitrogens is 3. The van der Waals surface area contributed by atoms with Gasteiger partial charge < -0.3 is 5.73 Å². The van der Waals surface area contributed by atoms with Gasteiger partial charge in [-0.1, -0.05) is 0 Å². The van der Waals surface area contributed by atoms with Gasteiger partial charge in [0, 0.05) is 12.2 Å². The standard InChI is InChI=1S/C12H13N5O3S/c1-2-16-11(14-7-15-16)6-17-12(18)9-4-3-8(13)5-10(9)21(17,19)20/h3-5,7H,2,6,13H2,1H3. The lowest BCUT2D eigenvalue weighted by molar-refractivity contribution is 0.0861. The average Bonchev–Trinajstić information content (AvgIpc) is 2.96. The Morgan fingerprint density at radius 3 is 2.81 bits per heavy atom. The van der Waals surface area contributed by atoms with Gasteiger partial charge in [-0.05, 0) is 25.1 Å². The maximum Gasteiger partial charge on any atom is 0.269 e. The first-order valence-electron chi connectivity index (χ1n) is 6.28. The summed E-state index contributed by atoms with van der Waals surface area (Å²) in [7, 11) is -3.90. The van der Waals surface area contributed by atoms with Gasteiger partial charge in [0.1, 0.15) is 17.0 Å². The number of carbonyl (C=O) groups excluding carboxylic acids is 1. The number of hydrogen-bond acceptors (Lipinski definition) is 6. The molecule has 0 unspecified atom stereocenters. The van der Waals surface area contributed by atoms with E-state index >= 15 is 0 Å². The zero-order valence-corrected chi connectivity index (χ0v) is 12.0. The third-order valence-corrected chi connectivity index (χ3v) is 5.08. The summed E-state index contributed by atoms with van der Waals surface area (Å²) in [4.78, 5) is 16.2. The first-order valence-corrected chi connectivity index (χ1v) is 7.72. The van der Waals surface area contributed by atoms with Crippen LogP contribution in [0.5, 0.6) is 0 Å². The second-order valence-corrected chi connectivity index (χ2v) is 6.40. The predicted octanol–water partition coefficient (Wildman–Crippen LogP) is 0.225. The predicted molar refractivity (Wildman–Crippen MR) is 73.6 cm³/mol. The minimum Gasteiger partial charge on any atom is -0.399 e. The van der Waals surface area contributed by atoms with Crippen molar-refractivity contribution in [3.8, 4) is 0 Å². The van der Waals surface area contributed by atoms with Crippen molar-refractivity contribution in [1.29, 1.82) is 0 Å². The van der Waals surface area contributed by atoms with Crippen LogP contribution < -0.4 is 5.73 Å². The van der Waals surface area contributed by atoms with Gasteiger partial charge in [0.05, 0.1) is 12.1 Å². The third kappa shape index (κ3) is 1.97. The van der Waals surface area contributed by atoms with Crippen LogP contribution >= 0.6 is 0 Å². The molecule has 0 spiro atoms. The summed E-state index contributed by atoms with van der Waals surface area (Å²) >= 11 is 0. The van der Waals surface area contributed by atoms with Crippen LogP contribution in [-0.4, -0.2) is 33.4 Å². The molecular formula is C12H13N5O3S. The molecule has 0 saturated heterocycles. The lowest BCUT2D eigenvalue weighted by Crippen LogP contribution is -2.30. The Labute approximate surface area is 121 Å². The van der Waals surface area contributed by atoms with E-state index in [4.69, 9.17) is 5.73 Å². The largest absolute Gasteiger partial charge is 0.399 e. The summed E-state index contributed by atoms with van der Waals surface area (Å²) in [5, 5.41) is 3.97. The van der Waals surface area contributed by atoms with Crippen molar-refractivity contribution in [3.63, 3.8) is 0 Å². The Balaban J connectivity index is 2.04. The lowest BCUT2D eigenvalue weighted by atomic mass is 10.2. The minimum atomic E-state index is -3.90. The van der Waals surface area contributed by atoms with E-state index in [2.05, 4.69) is 10.1 Å². The Morgan fingerprint density at radius 2 is 2.10 bits per heavy atom. The van der Waals surface area contributed by atoms with E-state index in [1.165, 1.54) is 24.5 Å². The van der Waals surface area contributed by atoms with Crippen molar-refractivity contribution in [3.05, 3.63) is 35.9 Å². The smallest absolute Gasteiger partial charge is 0.269 e. The quantitative estimate of drug-likeness (QED) is 0.812. The van der Waals surface area contributed by atoms with Crippen LogP contribution in [-0.2, 0) is 23.1 Å². The summed E-state index contributed by atoms with van der Waals surface area (Å²) < 4.78 is 27.3. The number of amides is 1. The molecule has 1 aromatic heterocycles. The van der Waals surface area contributed by atoms with Crippen LogP contribution in [0.15, 0.2) is 29.4 Å². The molecule has 9 heteroatoms. The number of nitrogens with zero attached hydrogens (tertiary/aromatic N) is 4. The van der Waals surface area contributed by atoms with E-state index < -0.39 is 15.9 Å². The fourth-order valence-corrected chi connectivity index (χ4v) is 3.81. The lowest BCUT2D eigenvalue weighted by Gasteiger charge is -2.14. The SMILES string of the molecule is CCn1ncnc1CN1C(=O)c2ccc(N)cc2S1(=O)=O. The number of nitrogen functional groups attached to an aromatic ring is 1. The van der Waals surface area contributed by atoms with Crippen LogP contribution in [0.25, 0.3) is 0 Å². The number of benzene rings is 1. The summed E-state index contributed by atoms with van der Waals surface area (Å²) in [5.74, 6) is -0.161. The average molecular weight is 307 g/mol.